The van der Waals surface area contributed by atoms with Crippen LogP contribution in [0.1, 0.15) is 5.48 Å². The van der Waals surface area contributed by atoms with Crippen LogP contribution < -0.4 is 4.90 Å². The molecule has 0 amide bonds. The van der Waals surface area contributed by atoms with Crippen molar-refractivity contribution in [2.45, 2.75) is 0 Å². The predicted octanol–water partition coefficient (Wildman–Crippen LogP) is 13.0. The third-order valence-electron chi connectivity index (χ3n) is 8.55. The lowest BCUT2D eigenvalue weighted by molar-refractivity contribution is 1.28. The summed E-state index contributed by atoms with van der Waals surface area (Å²) in [5, 5.41) is 2.26. The molecule has 0 saturated heterocycles. The molecule has 0 atom stereocenters. The first kappa shape index (κ1) is 24.1. The molecule has 0 unspecified atom stereocenters. The number of para-hydroxylation sites is 1. The van der Waals surface area contributed by atoms with Gasteiger partial charge in [0.15, 0.2) is 0 Å². The Morgan fingerprint density at radius 2 is 0.872 bits per heavy atom. The standard InChI is InChI=1S/C46H33N/c1-3-13-34(14-4-1)36-25-27-39(28-26-36)45-22-9-10-24-46(45)47(41-31-29-37(30-32-41)35-15-5-2-6-16-35)42-20-11-19-40(33-42)44-23-12-18-38-17-7-8-21-43(38)44/h1-33H/i29D,30D,31D,32D. The van der Waals surface area contributed by atoms with Crippen LogP contribution in [0.3, 0.4) is 0 Å². The van der Waals surface area contributed by atoms with Gasteiger partial charge in [-0.1, -0.05) is 170 Å². The molecule has 0 aromatic heterocycles. The van der Waals surface area contributed by atoms with E-state index in [9.17, 15) is 5.48 Å². The number of hydrogen-bond donors (Lipinski definition) is 0. The molecule has 0 bridgehead atoms. The van der Waals surface area contributed by atoms with E-state index in [4.69, 9.17) is 0 Å². The van der Waals surface area contributed by atoms with Crippen molar-refractivity contribution in [3.63, 3.8) is 0 Å². The maximum absolute atomic E-state index is 9.44. The maximum Gasteiger partial charge on any atom is 0.0645 e. The van der Waals surface area contributed by atoms with Crippen molar-refractivity contribution in [3.05, 3.63) is 200 Å². The summed E-state index contributed by atoms with van der Waals surface area (Å²) in [7, 11) is 0. The zero-order valence-corrected chi connectivity index (χ0v) is 25.7. The van der Waals surface area contributed by atoms with Crippen LogP contribution in [0.2, 0.25) is 0 Å². The molecule has 1 nitrogen and oxygen atoms in total. The highest BCUT2D eigenvalue weighted by Crippen LogP contribution is 2.43. The molecule has 0 spiro atoms. The molecule has 0 fully saturated rings. The van der Waals surface area contributed by atoms with Crippen LogP contribution in [0.25, 0.3) is 55.3 Å². The Bertz CT molecular complexity index is 2480. The van der Waals surface area contributed by atoms with E-state index in [1.54, 1.807) is 0 Å². The van der Waals surface area contributed by atoms with Crippen molar-refractivity contribution in [1.82, 2.24) is 0 Å². The highest BCUT2D eigenvalue weighted by atomic mass is 15.1. The molecular weight excluding hydrogens is 567 g/mol. The van der Waals surface area contributed by atoms with Gasteiger partial charge < -0.3 is 4.90 Å². The predicted molar refractivity (Wildman–Crippen MR) is 200 cm³/mol. The van der Waals surface area contributed by atoms with E-state index in [2.05, 4.69) is 78.9 Å². The van der Waals surface area contributed by atoms with Crippen LogP contribution in [-0.4, -0.2) is 0 Å². The van der Waals surface area contributed by atoms with Gasteiger partial charge in [0.05, 0.1) is 11.2 Å². The summed E-state index contributed by atoms with van der Waals surface area (Å²) in [4.78, 5) is 1.89. The summed E-state index contributed by atoms with van der Waals surface area (Å²) < 4.78 is 37.3. The summed E-state index contributed by atoms with van der Waals surface area (Å²) in [6, 6.07) is 58.2. The second-order valence-electron chi connectivity index (χ2n) is 11.5. The lowest BCUT2D eigenvalue weighted by Crippen LogP contribution is -2.11. The highest BCUT2D eigenvalue weighted by Gasteiger charge is 2.18. The van der Waals surface area contributed by atoms with E-state index < -0.39 is 0 Å². The SMILES string of the molecule is [2H]c1c([2H])c(N(c2cccc(-c3cccc4ccccc34)c2)c2ccccc2-c2ccc(-c3ccccc3)cc2)c([2H])c([2H])c1-c1ccccc1. The van der Waals surface area contributed by atoms with Gasteiger partial charge in [0.25, 0.3) is 0 Å². The summed E-state index contributed by atoms with van der Waals surface area (Å²) in [6.07, 6.45) is 0. The summed E-state index contributed by atoms with van der Waals surface area (Å²) in [5.41, 5.74) is 8.73. The van der Waals surface area contributed by atoms with Gasteiger partial charge in [0.2, 0.25) is 0 Å². The van der Waals surface area contributed by atoms with Crippen LogP contribution in [-0.2, 0) is 0 Å². The largest absolute Gasteiger partial charge is 0.310 e. The van der Waals surface area contributed by atoms with Crippen molar-refractivity contribution in [2.24, 2.45) is 0 Å². The Kier molecular flexibility index (Phi) is 6.50. The molecule has 0 aliphatic heterocycles. The molecule has 1 heteroatoms. The molecule has 0 N–H and O–H groups in total. The molecule has 0 heterocycles. The Balaban J connectivity index is 1.36. The smallest absolute Gasteiger partial charge is 0.0645 e. The average Bonchev–Trinajstić information content (AvgIpc) is 3.19. The van der Waals surface area contributed by atoms with E-state index in [0.717, 1.165) is 55.5 Å². The molecule has 0 saturated carbocycles. The van der Waals surface area contributed by atoms with Gasteiger partial charge in [-0.25, -0.2) is 0 Å². The third-order valence-corrected chi connectivity index (χ3v) is 8.55. The van der Waals surface area contributed by atoms with E-state index in [-0.39, 0.29) is 35.4 Å². The van der Waals surface area contributed by atoms with Crippen LogP contribution in [0.5, 0.6) is 0 Å². The lowest BCUT2D eigenvalue weighted by atomic mass is 9.96. The van der Waals surface area contributed by atoms with Gasteiger partial charge in [0, 0.05) is 16.9 Å². The fourth-order valence-electron chi connectivity index (χ4n) is 6.23. The Labute approximate surface area is 282 Å². The summed E-state index contributed by atoms with van der Waals surface area (Å²) in [6.45, 7) is 0. The van der Waals surface area contributed by atoms with Gasteiger partial charge in [0.1, 0.15) is 0 Å². The Morgan fingerprint density at radius 3 is 1.64 bits per heavy atom. The second-order valence-corrected chi connectivity index (χ2v) is 11.5. The zero-order valence-electron chi connectivity index (χ0n) is 29.7. The van der Waals surface area contributed by atoms with E-state index >= 15 is 0 Å². The molecule has 8 rings (SSSR count). The second kappa shape index (κ2) is 12.7. The normalized spacial score (nSPS) is 12.2. The third kappa shape index (κ3) is 5.72. The van der Waals surface area contributed by atoms with Crippen LogP contribution >= 0.6 is 0 Å². The quantitative estimate of drug-likeness (QED) is 0.175. The van der Waals surface area contributed by atoms with Crippen molar-refractivity contribution >= 4 is 27.8 Å². The number of anilines is 3. The highest BCUT2D eigenvalue weighted by molar-refractivity contribution is 5.98. The minimum atomic E-state index is -0.111. The molecule has 0 aliphatic carbocycles. The van der Waals surface area contributed by atoms with Crippen LogP contribution in [0.15, 0.2) is 200 Å². The number of fused-ring (bicyclic) bond motifs is 1. The minimum absolute atomic E-state index is 0.0860. The number of rotatable bonds is 7. The number of benzene rings is 8. The van der Waals surface area contributed by atoms with E-state index in [1.807, 2.05) is 102 Å². The van der Waals surface area contributed by atoms with Crippen LogP contribution in [0.4, 0.5) is 17.1 Å². The van der Waals surface area contributed by atoms with Crippen molar-refractivity contribution in [1.29, 1.82) is 0 Å². The Morgan fingerprint density at radius 1 is 0.340 bits per heavy atom. The Hall–Kier alpha value is -6.18. The van der Waals surface area contributed by atoms with Crippen molar-refractivity contribution < 1.29 is 5.48 Å². The molecule has 47 heavy (non-hydrogen) atoms. The lowest BCUT2D eigenvalue weighted by Gasteiger charge is -2.28. The fraction of sp³-hybridized carbons (Fsp3) is 0. The molecule has 222 valence electrons. The van der Waals surface area contributed by atoms with E-state index in [0.29, 0.717) is 5.56 Å². The van der Waals surface area contributed by atoms with Gasteiger partial charge in [-0.15, -0.1) is 0 Å². The minimum Gasteiger partial charge on any atom is -0.310 e. The monoisotopic (exact) mass is 603 g/mol. The molecular formula is C46H33N. The summed E-state index contributed by atoms with van der Waals surface area (Å²) >= 11 is 0. The first-order valence-electron chi connectivity index (χ1n) is 17.8. The average molecular weight is 604 g/mol. The number of nitrogens with zero attached hydrogens (tertiary/aromatic N) is 1. The summed E-state index contributed by atoms with van der Waals surface area (Å²) in [5.74, 6) is 0. The van der Waals surface area contributed by atoms with E-state index in [1.165, 1.54) is 0 Å². The molecule has 8 aromatic carbocycles. The van der Waals surface area contributed by atoms with Crippen molar-refractivity contribution in [3.8, 4) is 44.5 Å². The van der Waals surface area contributed by atoms with Crippen LogP contribution in [0, 0.1) is 0 Å². The van der Waals surface area contributed by atoms with Crippen molar-refractivity contribution in [2.75, 3.05) is 4.90 Å². The fourth-order valence-corrected chi connectivity index (χ4v) is 6.23. The first-order valence-corrected chi connectivity index (χ1v) is 15.8. The molecule has 0 aliphatic rings. The maximum atomic E-state index is 9.44. The zero-order chi connectivity index (χ0) is 34.9. The first-order chi connectivity index (χ1) is 25.0. The number of hydrogen-bond acceptors (Lipinski definition) is 1. The van der Waals surface area contributed by atoms with Gasteiger partial charge in [-0.2, -0.15) is 0 Å². The van der Waals surface area contributed by atoms with Gasteiger partial charge >= 0.3 is 0 Å². The van der Waals surface area contributed by atoms with Gasteiger partial charge in [-0.05, 0) is 80.0 Å². The molecule has 8 aromatic rings. The van der Waals surface area contributed by atoms with Gasteiger partial charge in [-0.3, -0.25) is 0 Å². The molecule has 0 radical (unpaired) electrons. The topological polar surface area (TPSA) is 3.24 Å².